The quantitative estimate of drug-likeness (QED) is 0.588. The molecule has 2 aromatic heterocycles. The number of pyridine rings is 1. The number of likely N-dealkylation sites (tertiary alicyclic amines) is 1. The highest BCUT2D eigenvalue weighted by atomic mass is 35.5. The van der Waals surface area contributed by atoms with Crippen molar-refractivity contribution in [3.63, 3.8) is 0 Å². The fourth-order valence-corrected chi connectivity index (χ4v) is 4.57. The molecule has 2 aliphatic heterocycles. The molecule has 1 atom stereocenters. The zero-order chi connectivity index (χ0) is 20.5. The van der Waals surface area contributed by atoms with Crippen molar-refractivity contribution in [3.05, 3.63) is 53.9 Å². The SMILES string of the molecule is O=C(C1CCCO1)N1CCC(Oc2ccc(-c3ccc4nccn4c3Cl)cc2)CC1. The Hall–Kier alpha value is -2.57. The van der Waals surface area contributed by atoms with Crippen molar-refractivity contribution in [2.24, 2.45) is 0 Å². The Morgan fingerprint density at radius 3 is 2.63 bits per heavy atom. The number of piperidine rings is 1. The van der Waals surface area contributed by atoms with Gasteiger partial charge in [0.25, 0.3) is 5.91 Å². The number of ether oxygens (including phenoxy) is 2. The number of benzene rings is 1. The van der Waals surface area contributed by atoms with Gasteiger partial charge in [-0.2, -0.15) is 0 Å². The van der Waals surface area contributed by atoms with Gasteiger partial charge in [0.05, 0.1) is 0 Å². The van der Waals surface area contributed by atoms with Crippen LogP contribution >= 0.6 is 11.6 Å². The zero-order valence-corrected chi connectivity index (χ0v) is 17.4. The van der Waals surface area contributed by atoms with E-state index in [0.717, 1.165) is 61.3 Å². The van der Waals surface area contributed by atoms with E-state index in [2.05, 4.69) is 4.98 Å². The van der Waals surface area contributed by atoms with Crippen molar-refractivity contribution in [3.8, 4) is 16.9 Å². The van der Waals surface area contributed by atoms with Crippen molar-refractivity contribution in [1.82, 2.24) is 14.3 Å². The summed E-state index contributed by atoms with van der Waals surface area (Å²) in [6.45, 7) is 2.15. The average Bonchev–Trinajstić information content (AvgIpc) is 3.47. The lowest BCUT2D eigenvalue weighted by Gasteiger charge is -2.33. The Morgan fingerprint density at radius 2 is 1.90 bits per heavy atom. The number of imidazole rings is 1. The minimum Gasteiger partial charge on any atom is -0.490 e. The van der Waals surface area contributed by atoms with E-state index in [0.29, 0.717) is 11.8 Å². The number of amides is 1. The molecular weight excluding hydrogens is 402 g/mol. The Labute approximate surface area is 180 Å². The molecule has 2 fully saturated rings. The van der Waals surface area contributed by atoms with Crippen LogP contribution in [0.25, 0.3) is 16.8 Å². The second-order valence-electron chi connectivity index (χ2n) is 7.86. The minimum absolute atomic E-state index is 0.121. The summed E-state index contributed by atoms with van der Waals surface area (Å²) in [4.78, 5) is 18.7. The smallest absolute Gasteiger partial charge is 0.251 e. The number of hydrogen-bond acceptors (Lipinski definition) is 4. The van der Waals surface area contributed by atoms with E-state index < -0.39 is 0 Å². The molecular formula is C23H24ClN3O3. The molecule has 156 valence electrons. The van der Waals surface area contributed by atoms with Gasteiger partial charge in [0, 0.05) is 50.5 Å². The van der Waals surface area contributed by atoms with E-state index in [1.54, 1.807) is 6.20 Å². The van der Waals surface area contributed by atoms with Gasteiger partial charge in [-0.25, -0.2) is 4.98 Å². The maximum Gasteiger partial charge on any atom is 0.251 e. The molecule has 0 N–H and O–H groups in total. The second kappa shape index (κ2) is 8.28. The van der Waals surface area contributed by atoms with Gasteiger partial charge in [0.15, 0.2) is 0 Å². The normalized spacial score (nSPS) is 20.0. The molecule has 4 heterocycles. The molecule has 0 bridgehead atoms. The summed E-state index contributed by atoms with van der Waals surface area (Å²) in [6, 6.07) is 11.9. The molecule has 1 aromatic carbocycles. The molecule has 0 aliphatic carbocycles. The van der Waals surface area contributed by atoms with Crippen LogP contribution in [0.15, 0.2) is 48.8 Å². The van der Waals surface area contributed by atoms with Crippen LogP contribution in [-0.4, -0.2) is 52.1 Å². The third kappa shape index (κ3) is 3.77. The number of carbonyl (C=O) groups is 1. The molecule has 7 heteroatoms. The summed E-state index contributed by atoms with van der Waals surface area (Å²) in [7, 11) is 0. The van der Waals surface area contributed by atoms with E-state index in [9.17, 15) is 4.79 Å². The molecule has 5 rings (SSSR count). The van der Waals surface area contributed by atoms with E-state index in [4.69, 9.17) is 21.1 Å². The summed E-state index contributed by atoms with van der Waals surface area (Å²) in [6.07, 6.45) is 6.98. The van der Waals surface area contributed by atoms with Gasteiger partial charge in [0.1, 0.15) is 28.8 Å². The van der Waals surface area contributed by atoms with E-state index in [-0.39, 0.29) is 18.1 Å². The molecule has 6 nitrogen and oxygen atoms in total. The number of fused-ring (bicyclic) bond motifs is 1. The second-order valence-corrected chi connectivity index (χ2v) is 8.22. The maximum atomic E-state index is 12.5. The van der Waals surface area contributed by atoms with Gasteiger partial charge >= 0.3 is 0 Å². The van der Waals surface area contributed by atoms with Crippen LogP contribution in [0.5, 0.6) is 5.75 Å². The third-order valence-corrected chi connectivity index (χ3v) is 6.31. The molecule has 1 unspecified atom stereocenters. The van der Waals surface area contributed by atoms with Crippen LogP contribution < -0.4 is 4.74 Å². The molecule has 2 saturated heterocycles. The highest BCUT2D eigenvalue weighted by Crippen LogP contribution is 2.30. The van der Waals surface area contributed by atoms with Crippen molar-refractivity contribution in [2.75, 3.05) is 19.7 Å². The predicted octanol–water partition coefficient (Wildman–Crippen LogP) is 4.20. The molecule has 0 radical (unpaired) electrons. The Balaban J connectivity index is 1.20. The molecule has 0 spiro atoms. The number of nitrogens with zero attached hydrogens (tertiary/aromatic N) is 3. The summed E-state index contributed by atoms with van der Waals surface area (Å²) >= 11 is 6.55. The maximum absolute atomic E-state index is 12.5. The number of hydrogen-bond donors (Lipinski definition) is 0. The van der Waals surface area contributed by atoms with Gasteiger partial charge < -0.3 is 14.4 Å². The summed E-state index contributed by atoms with van der Waals surface area (Å²) < 4.78 is 13.6. The number of halogens is 1. The monoisotopic (exact) mass is 425 g/mol. The Morgan fingerprint density at radius 1 is 1.10 bits per heavy atom. The van der Waals surface area contributed by atoms with Crippen molar-refractivity contribution >= 4 is 23.2 Å². The molecule has 3 aromatic rings. The highest BCUT2D eigenvalue weighted by molar-refractivity contribution is 6.32. The van der Waals surface area contributed by atoms with Crippen LogP contribution in [0.1, 0.15) is 25.7 Å². The van der Waals surface area contributed by atoms with Crippen molar-refractivity contribution in [1.29, 1.82) is 0 Å². The van der Waals surface area contributed by atoms with Gasteiger partial charge in [0.2, 0.25) is 0 Å². The summed E-state index contributed by atoms with van der Waals surface area (Å²) in [5.41, 5.74) is 2.81. The average molecular weight is 426 g/mol. The van der Waals surface area contributed by atoms with Crippen molar-refractivity contribution in [2.45, 2.75) is 37.9 Å². The molecule has 1 amide bonds. The topological polar surface area (TPSA) is 56.1 Å². The summed E-state index contributed by atoms with van der Waals surface area (Å²) in [5, 5.41) is 0.641. The van der Waals surface area contributed by atoms with Gasteiger partial charge in [-0.15, -0.1) is 0 Å². The zero-order valence-electron chi connectivity index (χ0n) is 16.7. The van der Waals surface area contributed by atoms with E-state index in [1.807, 2.05) is 51.9 Å². The number of carbonyl (C=O) groups excluding carboxylic acids is 1. The lowest BCUT2D eigenvalue weighted by Crippen LogP contribution is -2.45. The first kappa shape index (κ1) is 19.4. The van der Waals surface area contributed by atoms with Crippen LogP contribution in [0.3, 0.4) is 0 Å². The summed E-state index contributed by atoms with van der Waals surface area (Å²) in [5.74, 6) is 0.976. The molecule has 2 aliphatic rings. The lowest BCUT2D eigenvalue weighted by molar-refractivity contribution is -0.142. The van der Waals surface area contributed by atoms with Crippen LogP contribution in [0.4, 0.5) is 0 Å². The van der Waals surface area contributed by atoms with Crippen molar-refractivity contribution < 1.29 is 14.3 Å². The van der Waals surface area contributed by atoms with Crippen LogP contribution in [0, 0.1) is 0 Å². The first-order valence-electron chi connectivity index (χ1n) is 10.5. The fraction of sp³-hybridized carbons (Fsp3) is 0.391. The lowest BCUT2D eigenvalue weighted by atomic mass is 10.1. The Kier molecular flexibility index (Phi) is 5.35. The minimum atomic E-state index is -0.233. The predicted molar refractivity (Wildman–Crippen MR) is 115 cm³/mol. The van der Waals surface area contributed by atoms with Gasteiger partial charge in [-0.3, -0.25) is 9.20 Å². The van der Waals surface area contributed by atoms with Gasteiger partial charge in [-0.05, 0) is 42.7 Å². The third-order valence-electron chi connectivity index (χ3n) is 5.93. The van der Waals surface area contributed by atoms with Crippen LogP contribution in [0.2, 0.25) is 5.15 Å². The molecule has 0 saturated carbocycles. The van der Waals surface area contributed by atoms with E-state index >= 15 is 0 Å². The fourth-order valence-electron chi connectivity index (χ4n) is 4.25. The number of aromatic nitrogens is 2. The Bertz CT molecular complexity index is 1040. The van der Waals surface area contributed by atoms with E-state index in [1.165, 1.54) is 0 Å². The standard InChI is InChI=1S/C23H24ClN3O3/c24-22-19(7-8-21-25-11-14-27(21)22)16-3-5-17(6-4-16)30-18-9-12-26(13-10-18)23(28)20-2-1-15-29-20/h3-8,11,14,18,20H,1-2,9-10,12-13,15H2. The first-order valence-corrected chi connectivity index (χ1v) is 10.9. The van der Waals surface area contributed by atoms with Crippen LogP contribution in [-0.2, 0) is 9.53 Å². The van der Waals surface area contributed by atoms with Gasteiger partial charge in [-0.1, -0.05) is 23.7 Å². The largest absolute Gasteiger partial charge is 0.490 e. The number of rotatable bonds is 4. The first-order chi connectivity index (χ1) is 14.7. The molecule has 30 heavy (non-hydrogen) atoms. The highest BCUT2D eigenvalue weighted by Gasteiger charge is 2.31.